The van der Waals surface area contributed by atoms with Crippen LogP contribution in [0.1, 0.15) is 30.4 Å². The van der Waals surface area contributed by atoms with Gasteiger partial charge in [0.05, 0.1) is 12.6 Å². The van der Waals surface area contributed by atoms with E-state index in [0.717, 1.165) is 23.6 Å². The number of nitrogens with one attached hydrogen (secondary N) is 3. The molecule has 1 saturated heterocycles. The average Bonchev–Trinajstić information content (AvgIpc) is 3.37. The first-order valence-electron chi connectivity index (χ1n) is 10.1. The van der Waals surface area contributed by atoms with E-state index in [1.165, 1.54) is 12.8 Å². The van der Waals surface area contributed by atoms with Gasteiger partial charge in [0.25, 0.3) is 5.91 Å². The van der Waals surface area contributed by atoms with Gasteiger partial charge in [0.2, 0.25) is 5.91 Å². The molecule has 0 radical (unpaired) electrons. The summed E-state index contributed by atoms with van der Waals surface area (Å²) >= 11 is 0. The van der Waals surface area contributed by atoms with Gasteiger partial charge in [-0.3, -0.25) is 14.9 Å². The van der Waals surface area contributed by atoms with Crippen LogP contribution in [0.25, 0.3) is 11.7 Å². The number of hydrogen-bond acceptors (Lipinski definition) is 6. The van der Waals surface area contributed by atoms with Crippen LogP contribution in [0.2, 0.25) is 0 Å². The fraction of sp³-hybridized carbons (Fsp3) is 0.273. The van der Waals surface area contributed by atoms with Crippen molar-refractivity contribution < 1.29 is 9.59 Å². The van der Waals surface area contributed by atoms with Crippen LogP contribution in [-0.2, 0) is 9.59 Å². The highest BCUT2D eigenvalue weighted by Crippen LogP contribution is 2.30. The van der Waals surface area contributed by atoms with Crippen molar-refractivity contribution in [2.45, 2.75) is 26.2 Å². The summed E-state index contributed by atoms with van der Waals surface area (Å²) in [6.45, 7) is 2.93. The molecule has 2 aromatic heterocycles. The van der Waals surface area contributed by atoms with E-state index in [1.807, 2.05) is 31.2 Å². The number of anilines is 3. The van der Waals surface area contributed by atoms with Crippen LogP contribution in [-0.4, -0.2) is 33.0 Å². The van der Waals surface area contributed by atoms with Crippen molar-refractivity contribution >= 4 is 40.9 Å². The Kier molecular flexibility index (Phi) is 4.46. The number of nitrogens with zero attached hydrogens (tertiary/aromatic N) is 3. The molecule has 1 aliphatic carbocycles. The van der Waals surface area contributed by atoms with Crippen molar-refractivity contribution in [3.63, 3.8) is 0 Å². The molecule has 0 bridgehead atoms. The van der Waals surface area contributed by atoms with Crippen LogP contribution >= 0.6 is 0 Å². The summed E-state index contributed by atoms with van der Waals surface area (Å²) in [5.74, 6) is 1.56. The number of benzene rings is 1. The molecule has 3 N–H and O–H groups in total. The summed E-state index contributed by atoms with van der Waals surface area (Å²) in [5, 5.41) is 13.6. The molecule has 30 heavy (non-hydrogen) atoms. The number of rotatable bonds is 6. The Morgan fingerprint density at radius 3 is 2.87 bits per heavy atom. The molecule has 1 saturated carbocycles. The molecule has 152 valence electrons. The first-order chi connectivity index (χ1) is 14.5. The second-order valence-electron chi connectivity index (χ2n) is 7.90. The molecule has 2 aliphatic rings. The van der Waals surface area contributed by atoms with Crippen LogP contribution in [0, 0.1) is 12.8 Å². The van der Waals surface area contributed by atoms with E-state index in [4.69, 9.17) is 4.98 Å². The quantitative estimate of drug-likeness (QED) is 0.433. The van der Waals surface area contributed by atoms with Crippen LogP contribution in [0.15, 0.2) is 42.1 Å². The van der Waals surface area contributed by atoms with Crippen molar-refractivity contribution in [1.82, 2.24) is 19.9 Å². The highest BCUT2D eigenvalue weighted by atomic mass is 16.2. The van der Waals surface area contributed by atoms with Gasteiger partial charge in [-0.15, -0.1) is 0 Å². The van der Waals surface area contributed by atoms with E-state index in [0.29, 0.717) is 28.5 Å². The third-order valence-corrected chi connectivity index (χ3v) is 5.28. The maximum atomic E-state index is 12.0. The zero-order valence-corrected chi connectivity index (χ0v) is 16.6. The number of aryl methyl sites for hydroxylation is 1. The number of fused-ring (bicyclic) bond motifs is 1. The molecule has 0 unspecified atom stereocenters. The normalized spacial score (nSPS) is 17.6. The summed E-state index contributed by atoms with van der Waals surface area (Å²) in [6, 6.07) is 10.0. The van der Waals surface area contributed by atoms with Crippen LogP contribution in [0.4, 0.5) is 17.3 Å². The van der Waals surface area contributed by atoms with Gasteiger partial charge < -0.3 is 10.6 Å². The molecule has 3 aromatic rings. The van der Waals surface area contributed by atoms with Crippen molar-refractivity contribution in [1.29, 1.82) is 0 Å². The van der Waals surface area contributed by atoms with Gasteiger partial charge in [-0.05, 0) is 49.5 Å². The zero-order chi connectivity index (χ0) is 20.7. The Morgan fingerprint density at radius 2 is 2.13 bits per heavy atom. The highest BCUT2D eigenvalue weighted by molar-refractivity contribution is 6.15. The molecule has 8 heteroatoms. The Labute approximate surface area is 173 Å². The van der Waals surface area contributed by atoms with Crippen molar-refractivity contribution in [3.05, 3.63) is 53.2 Å². The minimum absolute atomic E-state index is 0.0736. The molecule has 1 aliphatic heterocycles. The molecule has 2 amide bonds. The molecular formula is C22H22N6O2. The smallest absolute Gasteiger partial charge is 0.254 e. The number of hydrogen-bond donors (Lipinski definition) is 3. The molecule has 0 spiro atoms. The standard InChI is InChI=1S/C22H22N6O2/c1-13-3-2-4-17(7-13)25-18-10-19(23-11-14-5-6-14)28-21(26-18)16(12-24-28)8-15-9-20(29)27-22(15)30/h2-4,7-8,10,12,14,23H,5-6,9,11H2,1H3,(H,25,26)(H,27,29,30)/b15-8-. The second-order valence-corrected chi connectivity index (χ2v) is 7.90. The molecule has 1 aromatic carbocycles. The Morgan fingerprint density at radius 1 is 1.27 bits per heavy atom. The minimum atomic E-state index is -0.361. The lowest BCUT2D eigenvalue weighted by Gasteiger charge is -2.12. The van der Waals surface area contributed by atoms with Crippen molar-refractivity contribution in [2.24, 2.45) is 5.92 Å². The molecular weight excluding hydrogens is 380 g/mol. The lowest BCUT2D eigenvalue weighted by Crippen LogP contribution is -2.19. The van der Waals surface area contributed by atoms with Gasteiger partial charge in [0.15, 0.2) is 5.65 Å². The minimum Gasteiger partial charge on any atom is -0.370 e. The van der Waals surface area contributed by atoms with E-state index in [-0.39, 0.29) is 18.2 Å². The first-order valence-corrected chi connectivity index (χ1v) is 10.1. The number of carbonyl (C=O) groups is 2. The van der Waals surface area contributed by atoms with Gasteiger partial charge in [0.1, 0.15) is 11.6 Å². The second kappa shape index (κ2) is 7.29. The maximum absolute atomic E-state index is 12.0. The van der Waals surface area contributed by atoms with E-state index >= 15 is 0 Å². The predicted octanol–water partition coefficient (Wildman–Crippen LogP) is 3.03. The highest BCUT2D eigenvalue weighted by Gasteiger charge is 2.25. The van der Waals surface area contributed by atoms with Crippen molar-refractivity contribution in [2.75, 3.05) is 17.2 Å². The van der Waals surface area contributed by atoms with Crippen LogP contribution in [0.5, 0.6) is 0 Å². The Hall–Kier alpha value is -3.68. The summed E-state index contributed by atoms with van der Waals surface area (Å²) in [6.07, 6.45) is 5.93. The lowest BCUT2D eigenvalue weighted by molar-refractivity contribution is -0.124. The SMILES string of the molecule is Cc1cccc(Nc2cc(NCC3CC3)n3ncc(/C=C4/CC(=O)NC4=O)c3n2)c1. The van der Waals surface area contributed by atoms with Crippen LogP contribution in [0.3, 0.4) is 0 Å². The lowest BCUT2D eigenvalue weighted by atomic mass is 10.1. The molecule has 2 fully saturated rings. The summed E-state index contributed by atoms with van der Waals surface area (Å²) < 4.78 is 1.74. The predicted molar refractivity (Wildman–Crippen MR) is 114 cm³/mol. The molecule has 3 heterocycles. The third-order valence-electron chi connectivity index (χ3n) is 5.28. The van der Waals surface area contributed by atoms with E-state index in [2.05, 4.69) is 27.1 Å². The number of amides is 2. The third kappa shape index (κ3) is 3.76. The topological polar surface area (TPSA) is 100 Å². The largest absolute Gasteiger partial charge is 0.370 e. The van der Waals surface area contributed by atoms with Gasteiger partial charge in [0, 0.05) is 29.4 Å². The monoisotopic (exact) mass is 402 g/mol. The van der Waals surface area contributed by atoms with E-state index < -0.39 is 0 Å². The molecule has 8 nitrogen and oxygen atoms in total. The van der Waals surface area contributed by atoms with Crippen LogP contribution < -0.4 is 16.0 Å². The van der Waals surface area contributed by atoms with E-state index in [1.54, 1.807) is 16.8 Å². The first kappa shape index (κ1) is 18.4. The summed E-state index contributed by atoms with van der Waals surface area (Å²) in [5.41, 5.74) is 3.82. The summed E-state index contributed by atoms with van der Waals surface area (Å²) in [4.78, 5) is 28.2. The molecule has 5 rings (SSSR count). The van der Waals surface area contributed by atoms with E-state index in [9.17, 15) is 9.59 Å². The van der Waals surface area contributed by atoms with Gasteiger partial charge in [-0.2, -0.15) is 9.61 Å². The fourth-order valence-electron chi connectivity index (χ4n) is 3.52. The summed E-state index contributed by atoms with van der Waals surface area (Å²) in [7, 11) is 0. The van der Waals surface area contributed by atoms with Gasteiger partial charge in [-0.25, -0.2) is 4.98 Å². The molecule has 0 atom stereocenters. The number of imide groups is 1. The Balaban J connectivity index is 1.55. The van der Waals surface area contributed by atoms with Gasteiger partial charge >= 0.3 is 0 Å². The average molecular weight is 402 g/mol. The van der Waals surface area contributed by atoms with Crippen molar-refractivity contribution in [3.8, 4) is 0 Å². The Bertz CT molecular complexity index is 1190. The number of aromatic nitrogens is 3. The fourth-order valence-corrected chi connectivity index (χ4v) is 3.52. The zero-order valence-electron chi connectivity index (χ0n) is 16.6. The van der Waals surface area contributed by atoms with Gasteiger partial charge in [-0.1, -0.05) is 12.1 Å². The number of carbonyl (C=O) groups excluding carboxylic acids is 2. The maximum Gasteiger partial charge on any atom is 0.254 e.